The van der Waals surface area contributed by atoms with Gasteiger partial charge in [-0.05, 0) is 30.0 Å². The summed E-state index contributed by atoms with van der Waals surface area (Å²) in [5.74, 6) is -1.41. The van der Waals surface area contributed by atoms with Crippen LogP contribution in [0.5, 0.6) is 0 Å². The van der Waals surface area contributed by atoms with Gasteiger partial charge in [0.2, 0.25) is 0 Å². The number of ether oxygens (including phenoxy) is 1. The topological polar surface area (TPSA) is 55.4 Å². The van der Waals surface area contributed by atoms with Crippen LogP contribution in [0.15, 0.2) is 41.2 Å². The number of fused-ring (bicyclic) bond motifs is 1. The third-order valence-electron chi connectivity index (χ3n) is 4.94. The first-order valence-electron chi connectivity index (χ1n) is 8.41. The average molecular weight is 394 g/mol. The van der Waals surface area contributed by atoms with Crippen molar-refractivity contribution in [3.63, 3.8) is 0 Å². The number of Topliss-reactive ketones (excluding diaryl/α,β-unsaturated/α-hetero) is 1. The highest BCUT2D eigenvalue weighted by atomic mass is 35.5. The fourth-order valence-corrected chi connectivity index (χ4v) is 4.46. The van der Waals surface area contributed by atoms with Crippen LogP contribution in [0.3, 0.4) is 0 Å². The van der Waals surface area contributed by atoms with Gasteiger partial charge in [-0.25, -0.2) is 4.79 Å². The Kier molecular flexibility index (Phi) is 4.93. The van der Waals surface area contributed by atoms with Crippen LogP contribution in [-0.4, -0.2) is 18.9 Å². The van der Waals surface area contributed by atoms with Gasteiger partial charge >= 0.3 is 5.97 Å². The zero-order chi connectivity index (χ0) is 19.2. The fraction of sp³-hybridized carbons (Fsp3) is 0.400. The molecule has 0 saturated carbocycles. The second-order valence-corrected chi connectivity index (χ2v) is 8.35. The van der Waals surface area contributed by atoms with Crippen molar-refractivity contribution >= 4 is 35.0 Å². The highest BCUT2D eigenvalue weighted by Gasteiger charge is 2.46. The van der Waals surface area contributed by atoms with E-state index in [4.69, 9.17) is 27.9 Å². The van der Waals surface area contributed by atoms with Gasteiger partial charge in [-0.1, -0.05) is 49.2 Å². The molecule has 26 heavy (non-hydrogen) atoms. The molecule has 0 bridgehead atoms. The van der Waals surface area contributed by atoms with Gasteiger partial charge < -0.3 is 10.1 Å². The lowest BCUT2D eigenvalue weighted by Gasteiger charge is -2.41. The number of allylic oxidation sites excluding steroid dienone is 3. The number of rotatable bonds is 2. The molecule has 1 heterocycles. The van der Waals surface area contributed by atoms with Gasteiger partial charge in [-0.2, -0.15) is 0 Å². The Morgan fingerprint density at radius 3 is 2.58 bits per heavy atom. The predicted octanol–water partition coefficient (Wildman–Crippen LogP) is 4.63. The SMILES string of the molecule is COC(=O)C1=C(C)NC2=CC(C)(C)CC(=O)C2C1c1ccc(Cl)cc1Cl. The second kappa shape index (κ2) is 6.75. The molecule has 2 aliphatic rings. The van der Waals surface area contributed by atoms with Crippen molar-refractivity contribution in [3.05, 3.63) is 56.9 Å². The Morgan fingerprint density at radius 2 is 1.96 bits per heavy atom. The number of nitrogens with one attached hydrogen (secondary N) is 1. The maximum Gasteiger partial charge on any atom is 0.336 e. The number of hydrogen-bond acceptors (Lipinski definition) is 4. The number of ketones is 1. The van der Waals surface area contributed by atoms with Crippen molar-refractivity contribution in [2.24, 2.45) is 11.3 Å². The van der Waals surface area contributed by atoms with E-state index in [-0.39, 0.29) is 11.2 Å². The van der Waals surface area contributed by atoms with E-state index in [2.05, 4.69) is 11.4 Å². The highest BCUT2D eigenvalue weighted by Crippen LogP contribution is 2.48. The summed E-state index contributed by atoms with van der Waals surface area (Å²) in [6.45, 7) is 5.86. The summed E-state index contributed by atoms with van der Waals surface area (Å²) in [5.41, 5.74) is 2.36. The number of hydrogen-bond donors (Lipinski definition) is 1. The number of esters is 1. The minimum absolute atomic E-state index is 0.0740. The molecule has 4 nitrogen and oxygen atoms in total. The highest BCUT2D eigenvalue weighted by molar-refractivity contribution is 6.35. The van der Waals surface area contributed by atoms with Crippen molar-refractivity contribution in [2.45, 2.75) is 33.1 Å². The van der Waals surface area contributed by atoms with Crippen LogP contribution in [-0.2, 0) is 14.3 Å². The molecule has 0 aromatic heterocycles. The van der Waals surface area contributed by atoms with E-state index in [1.54, 1.807) is 18.2 Å². The lowest BCUT2D eigenvalue weighted by Crippen LogP contribution is -2.43. The maximum absolute atomic E-state index is 13.0. The van der Waals surface area contributed by atoms with Crippen molar-refractivity contribution in [1.29, 1.82) is 0 Å². The third-order valence-corrected chi connectivity index (χ3v) is 5.50. The normalized spacial score (nSPS) is 24.5. The molecular formula is C20H21Cl2NO3. The molecule has 3 rings (SSSR count). The summed E-state index contributed by atoms with van der Waals surface area (Å²) >= 11 is 12.5. The van der Waals surface area contributed by atoms with Crippen molar-refractivity contribution in [1.82, 2.24) is 5.32 Å². The molecule has 6 heteroatoms. The monoisotopic (exact) mass is 393 g/mol. The Bertz CT molecular complexity index is 855. The largest absolute Gasteiger partial charge is 0.466 e. The molecule has 0 amide bonds. The smallest absolute Gasteiger partial charge is 0.336 e. The summed E-state index contributed by atoms with van der Waals surface area (Å²) in [6, 6.07) is 5.13. The first kappa shape index (κ1) is 19.0. The molecule has 2 unspecified atom stereocenters. The minimum atomic E-state index is -0.511. The number of methoxy groups -OCH3 is 1. The van der Waals surface area contributed by atoms with E-state index in [1.807, 2.05) is 20.8 Å². The Labute approximate surface area is 163 Å². The van der Waals surface area contributed by atoms with Crippen LogP contribution in [0.4, 0.5) is 0 Å². The second-order valence-electron chi connectivity index (χ2n) is 7.51. The van der Waals surface area contributed by atoms with Crippen LogP contribution in [0, 0.1) is 11.3 Å². The summed E-state index contributed by atoms with van der Waals surface area (Å²) in [6.07, 6.45) is 2.48. The van der Waals surface area contributed by atoms with Gasteiger partial charge in [-0.3, -0.25) is 4.79 Å². The lowest BCUT2D eigenvalue weighted by atomic mass is 9.66. The molecule has 0 radical (unpaired) electrons. The summed E-state index contributed by atoms with van der Waals surface area (Å²) in [5, 5.41) is 4.18. The zero-order valence-corrected chi connectivity index (χ0v) is 16.7. The van der Waals surface area contributed by atoms with Crippen molar-refractivity contribution < 1.29 is 14.3 Å². The van der Waals surface area contributed by atoms with Gasteiger partial charge in [0.1, 0.15) is 5.78 Å². The summed E-state index contributed by atoms with van der Waals surface area (Å²) in [7, 11) is 1.33. The molecule has 0 saturated heterocycles. The molecule has 1 aromatic rings. The minimum Gasteiger partial charge on any atom is -0.466 e. The lowest BCUT2D eigenvalue weighted by molar-refractivity contribution is -0.136. The molecule has 0 fully saturated rings. The number of carbonyl (C=O) groups excluding carboxylic acids is 2. The fourth-order valence-electron chi connectivity index (χ4n) is 3.94. The molecule has 2 atom stereocenters. The van der Waals surface area contributed by atoms with Crippen LogP contribution in [0.1, 0.15) is 38.7 Å². The van der Waals surface area contributed by atoms with E-state index in [9.17, 15) is 9.59 Å². The van der Waals surface area contributed by atoms with Crippen LogP contribution in [0.25, 0.3) is 0 Å². The predicted molar refractivity (Wildman–Crippen MR) is 102 cm³/mol. The van der Waals surface area contributed by atoms with E-state index < -0.39 is 17.8 Å². The van der Waals surface area contributed by atoms with Crippen LogP contribution in [0.2, 0.25) is 10.0 Å². The number of halogens is 2. The molecular weight excluding hydrogens is 373 g/mol. The van der Waals surface area contributed by atoms with Gasteiger partial charge in [0.05, 0.1) is 18.6 Å². The molecule has 138 valence electrons. The van der Waals surface area contributed by atoms with E-state index in [0.717, 1.165) is 5.70 Å². The molecule has 0 spiro atoms. The number of carbonyl (C=O) groups is 2. The van der Waals surface area contributed by atoms with Gasteiger partial charge in [0.25, 0.3) is 0 Å². The molecule has 1 N–H and O–H groups in total. The molecule has 1 aliphatic heterocycles. The van der Waals surface area contributed by atoms with Gasteiger partial charge in [0, 0.05) is 33.8 Å². The Hall–Kier alpha value is -1.78. The molecule has 1 aromatic carbocycles. The summed E-state index contributed by atoms with van der Waals surface area (Å²) in [4.78, 5) is 25.6. The maximum atomic E-state index is 13.0. The summed E-state index contributed by atoms with van der Waals surface area (Å²) < 4.78 is 4.99. The van der Waals surface area contributed by atoms with Crippen molar-refractivity contribution in [2.75, 3.05) is 7.11 Å². The average Bonchev–Trinajstić information content (AvgIpc) is 2.51. The molecule has 1 aliphatic carbocycles. The number of benzene rings is 1. The van der Waals surface area contributed by atoms with Gasteiger partial charge in [-0.15, -0.1) is 0 Å². The van der Waals surface area contributed by atoms with Crippen LogP contribution < -0.4 is 5.32 Å². The van der Waals surface area contributed by atoms with Crippen molar-refractivity contribution in [3.8, 4) is 0 Å². The Morgan fingerprint density at radius 1 is 1.27 bits per heavy atom. The standard InChI is InChI=1S/C20H21Cl2NO3/c1-10-16(19(25)26-4)17(12-6-5-11(21)7-13(12)22)18-14(23-10)8-20(2,3)9-15(18)24/h5-8,17-18,23H,9H2,1-4H3. The van der Waals surface area contributed by atoms with E-state index >= 15 is 0 Å². The van der Waals surface area contributed by atoms with E-state index in [1.165, 1.54) is 7.11 Å². The zero-order valence-electron chi connectivity index (χ0n) is 15.2. The Balaban J connectivity index is 2.25. The van der Waals surface area contributed by atoms with Gasteiger partial charge in [0.15, 0.2) is 0 Å². The van der Waals surface area contributed by atoms with E-state index in [0.29, 0.717) is 33.3 Å². The quantitative estimate of drug-likeness (QED) is 0.744. The van der Waals surface area contributed by atoms with Crippen LogP contribution >= 0.6 is 23.2 Å². The third kappa shape index (κ3) is 3.28. The first-order valence-corrected chi connectivity index (χ1v) is 9.17. The first-order chi connectivity index (χ1) is 12.1.